The molecule has 0 bridgehead atoms. The summed E-state index contributed by atoms with van der Waals surface area (Å²) in [5.41, 5.74) is 5.87. The molecule has 10 nitrogen and oxygen atoms in total. The lowest BCUT2D eigenvalue weighted by Gasteiger charge is -2.32. The van der Waals surface area contributed by atoms with E-state index in [0.717, 1.165) is 0 Å². The number of fused-ring (bicyclic) bond motifs is 1. The number of nitrogens with zero attached hydrogens (tertiary/aromatic N) is 4. The van der Waals surface area contributed by atoms with Gasteiger partial charge in [0.2, 0.25) is 5.95 Å². The molecular formula is C12H22N5O5S2+. The van der Waals surface area contributed by atoms with Crippen LogP contribution in [0.1, 0.15) is 0 Å². The van der Waals surface area contributed by atoms with Crippen LogP contribution in [0.3, 0.4) is 0 Å². The first-order chi connectivity index (χ1) is 11.1. The topological polar surface area (TPSA) is 139 Å². The van der Waals surface area contributed by atoms with Crippen LogP contribution >= 0.6 is 11.8 Å². The highest BCUT2D eigenvalue weighted by Crippen LogP contribution is 2.38. The number of hydrogen-bond acceptors (Lipinski definition) is 8. The van der Waals surface area contributed by atoms with E-state index in [0.29, 0.717) is 29.8 Å². The first-order valence-corrected chi connectivity index (χ1v) is 9.96. The third-order valence-electron chi connectivity index (χ3n) is 3.95. The zero-order valence-electron chi connectivity index (χ0n) is 13.5. The average Bonchev–Trinajstić information content (AvgIpc) is 2.75. The number of hydrogen-bond donors (Lipinski definition) is 3. The number of aliphatic hydroxyl groups excluding tert-OH is 1. The highest BCUT2D eigenvalue weighted by atomic mass is 32.2. The molecule has 0 fully saturated rings. The van der Waals surface area contributed by atoms with Crippen molar-refractivity contribution < 1.29 is 18.1 Å². The Morgan fingerprint density at radius 2 is 2.08 bits per heavy atom. The summed E-state index contributed by atoms with van der Waals surface area (Å²) in [6.07, 6.45) is 0. The van der Waals surface area contributed by atoms with Crippen LogP contribution in [-0.4, -0.2) is 71.9 Å². The minimum atomic E-state index is -4.16. The van der Waals surface area contributed by atoms with Gasteiger partial charge in [-0.2, -0.15) is 13.4 Å². The molecule has 1 aliphatic heterocycles. The Morgan fingerprint density at radius 3 is 2.67 bits per heavy atom. The molecule has 0 radical (unpaired) electrons. The smallest absolute Gasteiger partial charge is 0.284 e. The molecule has 4 N–H and O–H groups in total. The third kappa shape index (κ3) is 3.67. The van der Waals surface area contributed by atoms with E-state index in [1.165, 1.54) is 23.4 Å². The summed E-state index contributed by atoms with van der Waals surface area (Å²) >= 11 is 1.41. The lowest BCUT2D eigenvalue weighted by molar-refractivity contribution is 0.320. The first-order valence-electron chi connectivity index (χ1n) is 7.19. The molecule has 1 aliphatic rings. The summed E-state index contributed by atoms with van der Waals surface area (Å²) in [4.78, 5) is 18.5. The van der Waals surface area contributed by atoms with Crippen molar-refractivity contribution in [3.8, 4) is 0 Å². The van der Waals surface area contributed by atoms with Gasteiger partial charge in [-0.15, -0.1) is 0 Å². The second-order valence-corrected chi connectivity index (χ2v) is 8.41. The lowest BCUT2D eigenvalue weighted by atomic mass is 10.4. The van der Waals surface area contributed by atoms with Crippen molar-refractivity contribution in [3.63, 3.8) is 0 Å². The van der Waals surface area contributed by atoms with E-state index in [-0.39, 0.29) is 29.1 Å². The highest BCUT2D eigenvalue weighted by Gasteiger charge is 2.46. The molecule has 24 heavy (non-hydrogen) atoms. The van der Waals surface area contributed by atoms with E-state index < -0.39 is 15.9 Å². The normalized spacial score (nSPS) is 20.4. The van der Waals surface area contributed by atoms with Crippen LogP contribution in [0.25, 0.3) is 0 Å². The SMILES string of the molecule is CN1C[N+](CCS(=O)(=O)O)(CSCCO)c2nc(N)n(C)c(=O)c21. The molecule has 1 unspecified atom stereocenters. The van der Waals surface area contributed by atoms with Crippen LogP contribution in [0.2, 0.25) is 0 Å². The van der Waals surface area contributed by atoms with Gasteiger partial charge in [-0.3, -0.25) is 13.9 Å². The maximum absolute atomic E-state index is 12.5. The van der Waals surface area contributed by atoms with Crippen molar-refractivity contribution in [2.75, 3.05) is 54.9 Å². The molecule has 136 valence electrons. The molecular weight excluding hydrogens is 358 g/mol. The molecule has 0 saturated carbocycles. The van der Waals surface area contributed by atoms with Gasteiger partial charge in [0, 0.05) is 19.8 Å². The van der Waals surface area contributed by atoms with Crippen molar-refractivity contribution in [3.05, 3.63) is 10.4 Å². The minimum Gasteiger partial charge on any atom is -0.396 e. The quantitative estimate of drug-likeness (QED) is 0.297. The summed E-state index contributed by atoms with van der Waals surface area (Å²) in [6.45, 7) is 0.362. The number of aliphatic hydroxyl groups is 1. The van der Waals surface area contributed by atoms with E-state index >= 15 is 0 Å². The van der Waals surface area contributed by atoms with Gasteiger partial charge in [-0.05, 0) is 0 Å². The lowest BCUT2D eigenvalue weighted by Crippen LogP contribution is -2.53. The highest BCUT2D eigenvalue weighted by molar-refractivity contribution is 7.99. The maximum Gasteiger partial charge on any atom is 0.284 e. The van der Waals surface area contributed by atoms with Gasteiger partial charge >= 0.3 is 0 Å². The Hall–Kier alpha value is -1.34. The van der Waals surface area contributed by atoms with E-state index in [1.54, 1.807) is 11.9 Å². The zero-order chi connectivity index (χ0) is 18.1. The predicted molar refractivity (Wildman–Crippen MR) is 94.6 cm³/mol. The summed E-state index contributed by atoms with van der Waals surface area (Å²) in [7, 11) is -0.921. The van der Waals surface area contributed by atoms with E-state index in [4.69, 9.17) is 15.4 Å². The number of nitrogen functional groups attached to an aromatic ring is 1. The standard InChI is InChI=1S/C12H21N5O5S2/c1-15-7-17(8-23-5-4-18,3-6-24(20,21)22)10-9(15)11(19)16(2)12(13)14-10/h18H,3-8H2,1-2H3,(H2-,13,14,19,20,21,22)/p+1. The number of thioether (sulfide) groups is 1. The summed E-state index contributed by atoms with van der Waals surface area (Å²) in [6, 6.07) is 0. The monoisotopic (exact) mass is 380 g/mol. The van der Waals surface area contributed by atoms with Crippen molar-refractivity contribution in [2.24, 2.45) is 7.05 Å². The fourth-order valence-corrected chi connectivity index (χ4v) is 4.26. The van der Waals surface area contributed by atoms with Gasteiger partial charge in [0.05, 0.1) is 6.61 Å². The average molecular weight is 380 g/mol. The molecule has 1 aromatic heterocycles. The van der Waals surface area contributed by atoms with Crippen LogP contribution in [0.15, 0.2) is 4.79 Å². The Balaban J connectivity index is 2.51. The molecule has 1 aromatic rings. The van der Waals surface area contributed by atoms with Crippen LogP contribution < -0.4 is 20.7 Å². The van der Waals surface area contributed by atoms with Crippen LogP contribution in [-0.2, 0) is 17.2 Å². The van der Waals surface area contributed by atoms with E-state index in [1.807, 2.05) is 0 Å². The van der Waals surface area contributed by atoms with Crippen molar-refractivity contribution in [1.29, 1.82) is 0 Å². The number of aromatic nitrogens is 2. The summed E-state index contributed by atoms with van der Waals surface area (Å²) < 4.78 is 32.9. The van der Waals surface area contributed by atoms with Crippen LogP contribution in [0, 0.1) is 0 Å². The number of rotatable bonds is 7. The zero-order valence-corrected chi connectivity index (χ0v) is 15.2. The molecule has 0 spiro atoms. The van der Waals surface area contributed by atoms with Gasteiger partial charge in [-0.1, -0.05) is 11.8 Å². The third-order valence-corrected chi connectivity index (χ3v) is 5.79. The fraction of sp³-hybridized carbons (Fsp3) is 0.667. The maximum atomic E-state index is 12.5. The molecule has 0 amide bonds. The van der Waals surface area contributed by atoms with Crippen molar-refractivity contribution >= 4 is 39.3 Å². The van der Waals surface area contributed by atoms with Crippen LogP contribution in [0.4, 0.5) is 17.5 Å². The van der Waals surface area contributed by atoms with Gasteiger partial charge < -0.3 is 15.7 Å². The van der Waals surface area contributed by atoms with Gasteiger partial charge in [0.25, 0.3) is 21.5 Å². The fourth-order valence-electron chi connectivity index (χ4n) is 2.74. The number of nitrogens with two attached hydrogens (primary N) is 1. The van der Waals surface area contributed by atoms with Gasteiger partial charge in [0.15, 0.2) is 12.4 Å². The van der Waals surface area contributed by atoms with E-state index in [9.17, 15) is 13.2 Å². The number of quaternary nitrogens is 1. The summed E-state index contributed by atoms with van der Waals surface area (Å²) in [5, 5.41) is 8.99. The summed E-state index contributed by atoms with van der Waals surface area (Å²) in [5.74, 6) is 0.831. The molecule has 2 heterocycles. The van der Waals surface area contributed by atoms with Gasteiger partial charge in [0.1, 0.15) is 18.2 Å². The molecule has 2 rings (SSSR count). The van der Waals surface area contributed by atoms with Crippen molar-refractivity contribution in [2.45, 2.75) is 0 Å². The Morgan fingerprint density at radius 1 is 1.42 bits per heavy atom. The molecule has 0 saturated heterocycles. The minimum absolute atomic E-state index is 0.0161. The molecule has 0 aromatic carbocycles. The Kier molecular flexibility index (Phi) is 5.44. The molecule has 0 aliphatic carbocycles. The molecule has 12 heteroatoms. The predicted octanol–water partition coefficient (Wildman–Crippen LogP) is -1.35. The largest absolute Gasteiger partial charge is 0.396 e. The second kappa shape index (κ2) is 6.88. The van der Waals surface area contributed by atoms with Crippen LogP contribution in [0.5, 0.6) is 0 Å². The Bertz CT molecular complexity index is 781. The number of anilines is 2. The van der Waals surface area contributed by atoms with Crippen molar-refractivity contribution in [1.82, 2.24) is 14.0 Å². The Labute approximate surface area is 144 Å². The van der Waals surface area contributed by atoms with E-state index in [2.05, 4.69) is 4.98 Å². The molecule has 1 atom stereocenters. The van der Waals surface area contributed by atoms with Gasteiger partial charge in [-0.25, -0.2) is 4.48 Å². The second-order valence-electron chi connectivity index (χ2n) is 5.76. The first kappa shape index (κ1) is 19.0.